The van der Waals surface area contributed by atoms with Crippen LogP contribution in [0.15, 0.2) is 42.1 Å². The minimum atomic E-state index is -0.732. The first-order valence-electron chi connectivity index (χ1n) is 9.94. The van der Waals surface area contributed by atoms with Gasteiger partial charge in [0.25, 0.3) is 0 Å². The number of aromatic nitrogens is 1. The van der Waals surface area contributed by atoms with Crippen LogP contribution in [0, 0.1) is 0 Å². The average molecular weight is 397 g/mol. The number of fused-ring (bicyclic) bond motifs is 2. The molecule has 28 heavy (non-hydrogen) atoms. The second kappa shape index (κ2) is 8.06. The molecule has 1 aromatic carbocycles. The Morgan fingerprint density at radius 2 is 1.93 bits per heavy atom. The predicted octanol–water partition coefficient (Wildman–Crippen LogP) is 4.59. The molecule has 2 heterocycles. The number of likely N-dealkylation sites (tertiary alicyclic amines) is 1. The van der Waals surface area contributed by atoms with Crippen LogP contribution in [-0.2, 0) is 17.6 Å². The largest absolute Gasteiger partial charge is 0.481 e. The summed E-state index contributed by atoms with van der Waals surface area (Å²) in [6.07, 6.45) is 5.89. The molecule has 0 saturated carbocycles. The van der Waals surface area contributed by atoms with Crippen molar-refractivity contribution in [3.8, 4) is 0 Å². The number of aliphatic carboxylic acids is 1. The first kappa shape index (κ1) is 19.2. The molecule has 1 fully saturated rings. The van der Waals surface area contributed by atoms with Gasteiger partial charge < -0.3 is 5.11 Å². The summed E-state index contributed by atoms with van der Waals surface area (Å²) < 4.78 is 0. The van der Waals surface area contributed by atoms with E-state index in [9.17, 15) is 4.79 Å². The van der Waals surface area contributed by atoms with Crippen LogP contribution < -0.4 is 0 Å². The van der Waals surface area contributed by atoms with Crippen molar-refractivity contribution in [1.82, 2.24) is 9.88 Å². The number of carboxylic acids is 1. The molecular formula is C23H25ClN2O2. The minimum absolute atomic E-state index is 0.0645. The summed E-state index contributed by atoms with van der Waals surface area (Å²) in [5.41, 5.74) is 7.62. The molecule has 1 N–H and O–H groups in total. The van der Waals surface area contributed by atoms with Gasteiger partial charge in [0.2, 0.25) is 0 Å². The van der Waals surface area contributed by atoms with E-state index in [1.54, 1.807) is 0 Å². The maximum absolute atomic E-state index is 11.0. The molecular weight excluding hydrogens is 372 g/mol. The van der Waals surface area contributed by atoms with Gasteiger partial charge in [-0.25, -0.2) is 0 Å². The van der Waals surface area contributed by atoms with Gasteiger partial charge in [-0.05, 0) is 67.5 Å². The van der Waals surface area contributed by atoms with Crippen LogP contribution in [-0.4, -0.2) is 40.1 Å². The van der Waals surface area contributed by atoms with Crippen LogP contribution >= 0.6 is 11.6 Å². The molecule has 1 aliphatic heterocycles. The van der Waals surface area contributed by atoms with Gasteiger partial charge in [-0.2, -0.15) is 0 Å². The summed E-state index contributed by atoms with van der Waals surface area (Å²) in [4.78, 5) is 18.1. The zero-order chi connectivity index (χ0) is 19.7. The molecule has 0 spiro atoms. The van der Waals surface area contributed by atoms with Gasteiger partial charge in [-0.1, -0.05) is 29.3 Å². The fourth-order valence-corrected chi connectivity index (χ4v) is 4.69. The normalized spacial score (nSPS) is 18.2. The van der Waals surface area contributed by atoms with Gasteiger partial charge in [0.05, 0.1) is 12.1 Å². The highest BCUT2D eigenvalue weighted by atomic mass is 35.5. The molecule has 0 radical (unpaired) electrons. The van der Waals surface area contributed by atoms with E-state index in [4.69, 9.17) is 21.7 Å². The molecule has 1 aliphatic carbocycles. The Labute approximate surface area is 170 Å². The predicted molar refractivity (Wildman–Crippen MR) is 112 cm³/mol. The van der Waals surface area contributed by atoms with Crippen LogP contribution in [0.2, 0.25) is 5.02 Å². The highest BCUT2D eigenvalue weighted by molar-refractivity contribution is 6.30. The number of aryl methyl sites for hydroxylation is 2. The van der Waals surface area contributed by atoms with Gasteiger partial charge in [0.15, 0.2) is 0 Å². The monoisotopic (exact) mass is 396 g/mol. The average Bonchev–Trinajstić information content (AvgIpc) is 2.84. The Kier molecular flexibility index (Phi) is 5.51. The van der Waals surface area contributed by atoms with E-state index in [1.165, 1.54) is 27.8 Å². The summed E-state index contributed by atoms with van der Waals surface area (Å²) in [5.74, 6) is -0.732. The highest BCUT2D eigenvalue weighted by Crippen LogP contribution is 2.38. The molecule has 5 heteroatoms. The van der Waals surface area contributed by atoms with Crippen molar-refractivity contribution in [1.29, 1.82) is 0 Å². The Balaban J connectivity index is 1.72. The van der Waals surface area contributed by atoms with E-state index < -0.39 is 5.97 Å². The number of carboxylic acid groups (broad SMARTS) is 1. The number of carbonyl (C=O) groups is 1. The summed E-state index contributed by atoms with van der Waals surface area (Å²) in [6, 6.07) is 10.5. The molecule has 2 aromatic rings. The number of hydrogen-bond donors (Lipinski definition) is 1. The van der Waals surface area contributed by atoms with Crippen molar-refractivity contribution >= 4 is 23.1 Å². The first-order chi connectivity index (χ1) is 13.5. The maximum Gasteiger partial charge on any atom is 0.304 e. The van der Waals surface area contributed by atoms with E-state index in [0.29, 0.717) is 0 Å². The van der Waals surface area contributed by atoms with E-state index in [0.717, 1.165) is 49.5 Å². The fraction of sp³-hybridized carbons (Fsp3) is 0.391. The first-order valence-corrected chi connectivity index (χ1v) is 10.3. The second-order valence-electron chi connectivity index (χ2n) is 7.77. The molecule has 1 saturated heterocycles. The SMILES string of the molecule is C[C@H](CC(=O)O)N1CCC(=C2c3ccc(Cl)cc3CCc3cccnc32)CC1. The number of piperidine rings is 1. The number of hydrogen-bond acceptors (Lipinski definition) is 3. The van der Waals surface area contributed by atoms with Crippen LogP contribution in [0.4, 0.5) is 0 Å². The third-order valence-corrected chi connectivity index (χ3v) is 6.21. The zero-order valence-corrected chi connectivity index (χ0v) is 16.9. The Hall–Kier alpha value is -2.17. The zero-order valence-electron chi connectivity index (χ0n) is 16.1. The Morgan fingerprint density at radius 3 is 2.68 bits per heavy atom. The minimum Gasteiger partial charge on any atom is -0.481 e. The van der Waals surface area contributed by atoms with Crippen LogP contribution in [0.3, 0.4) is 0 Å². The topological polar surface area (TPSA) is 53.4 Å². The van der Waals surface area contributed by atoms with E-state index in [-0.39, 0.29) is 12.5 Å². The van der Waals surface area contributed by atoms with Crippen molar-refractivity contribution in [2.24, 2.45) is 0 Å². The van der Waals surface area contributed by atoms with Gasteiger partial charge in [0, 0.05) is 35.9 Å². The van der Waals surface area contributed by atoms with Gasteiger partial charge in [0.1, 0.15) is 0 Å². The molecule has 0 bridgehead atoms. The lowest BCUT2D eigenvalue weighted by Gasteiger charge is -2.34. The second-order valence-corrected chi connectivity index (χ2v) is 8.21. The van der Waals surface area contributed by atoms with Crippen molar-refractivity contribution in [2.45, 2.75) is 45.1 Å². The Bertz CT molecular complexity index is 928. The molecule has 0 amide bonds. The van der Waals surface area contributed by atoms with Crippen molar-refractivity contribution in [3.63, 3.8) is 0 Å². The van der Waals surface area contributed by atoms with Gasteiger partial charge in [-0.3, -0.25) is 14.7 Å². The summed E-state index contributed by atoms with van der Waals surface area (Å²) in [5, 5.41) is 9.86. The standard InChI is InChI=1S/C23H25ClN2O2/c1-15(13-21(27)28)26-11-8-16(9-12-26)22-20-7-6-19(24)14-18(20)5-4-17-3-2-10-25-23(17)22/h2-3,6-7,10,14-15H,4-5,8-9,11-13H2,1H3,(H,27,28)/t15-/m1/s1. The van der Waals surface area contributed by atoms with Crippen LogP contribution in [0.1, 0.15) is 48.6 Å². The number of benzene rings is 1. The third kappa shape index (κ3) is 3.85. The van der Waals surface area contributed by atoms with Crippen molar-refractivity contribution in [3.05, 3.63) is 69.5 Å². The molecule has 146 valence electrons. The van der Waals surface area contributed by atoms with Crippen LogP contribution in [0.25, 0.3) is 5.57 Å². The van der Waals surface area contributed by atoms with Crippen molar-refractivity contribution in [2.75, 3.05) is 13.1 Å². The lowest BCUT2D eigenvalue weighted by atomic mass is 9.88. The molecule has 1 aromatic heterocycles. The maximum atomic E-state index is 11.0. The summed E-state index contributed by atoms with van der Waals surface area (Å²) in [7, 11) is 0. The molecule has 4 rings (SSSR count). The molecule has 4 nitrogen and oxygen atoms in total. The quantitative estimate of drug-likeness (QED) is 0.824. The third-order valence-electron chi connectivity index (χ3n) is 5.98. The van der Waals surface area contributed by atoms with E-state index >= 15 is 0 Å². The molecule has 2 aliphatic rings. The van der Waals surface area contributed by atoms with Gasteiger partial charge in [-0.15, -0.1) is 0 Å². The van der Waals surface area contributed by atoms with E-state index in [1.807, 2.05) is 25.3 Å². The number of nitrogens with zero attached hydrogens (tertiary/aromatic N) is 2. The highest BCUT2D eigenvalue weighted by Gasteiger charge is 2.27. The summed E-state index contributed by atoms with van der Waals surface area (Å²) in [6.45, 7) is 3.78. The smallest absolute Gasteiger partial charge is 0.304 e. The van der Waals surface area contributed by atoms with Gasteiger partial charge >= 0.3 is 5.97 Å². The number of rotatable bonds is 3. The molecule has 0 unspecified atom stereocenters. The number of pyridine rings is 1. The lowest BCUT2D eigenvalue weighted by Crippen LogP contribution is -2.39. The summed E-state index contributed by atoms with van der Waals surface area (Å²) >= 11 is 6.28. The lowest BCUT2D eigenvalue weighted by molar-refractivity contribution is -0.138. The van der Waals surface area contributed by atoms with E-state index in [2.05, 4.69) is 23.1 Å². The Morgan fingerprint density at radius 1 is 1.18 bits per heavy atom. The molecule has 1 atom stereocenters. The van der Waals surface area contributed by atoms with Crippen molar-refractivity contribution < 1.29 is 9.90 Å². The fourth-order valence-electron chi connectivity index (χ4n) is 4.50. The number of halogens is 1. The van der Waals surface area contributed by atoms with Crippen LogP contribution in [0.5, 0.6) is 0 Å².